The number of hydrogen-bond donors (Lipinski definition) is 1. The van der Waals surface area contributed by atoms with E-state index >= 15 is 0 Å². The minimum atomic E-state index is 0.230. The topological polar surface area (TPSA) is 41.6 Å². The molecule has 4 nitrogen and oxygen atoms in total. The predicted octanol–water partition coefficient (Wildman–Crippen LogP) is 3.53. The number of rotatable bonds is 6. The molecule has 1 N–H and O–H groups in total. The van der Waals surface area contributed by atoms with Gasteiger partial charge in [0.1, 0.15) is 5.75 Å². The van der Waals surface area contributed by atoms with E-state index in [-0.39, 0.29) is 17.9 Å². The van der Waals surface area contributed by atoms with Gasteiger partial charge in [-0.25, -0.2) is 0 Å². The summed E-state index contributed by atoms with van der Waals surface area (Å²) in [4.78, 5) is 15.0. The Balaban J connectivity index is 1.64. The van der Waals surface area contributed by atoms with Crippen molar-refractivity contribution in [2.45, 2.75) is 51.0 Å². The van der Waals surface area contributed by atoms with Gasteiger partial charge in [-0.05, 0) is 56.5 Å². The van der Waals surface area contributed by atoms with Crippen LogP contribution >= 0.6 is 0 Å². The molecule has 1 aromatic carbocycles. The van der Waals surface area contributed by atoms with E-state index in [1.54, 1.807) is 7.11 Å². The molecule has 3 rings (SSSR count). The predicted molar refractivity (Wildman–Crippen MR) is 96.1 cm³/mol. The summed E-state index contributed by atoms with van der Waals surface area (Å²) >= 11 is 0. The molecular formula is C20H30N2O2. The van der Waals surface area contributed by atoms with Crippen molar-refractivity contribution in [3.05, 3.63) is 29.8 Å². The molecule has 0 bridgehead atoms. The number of nitrogens with zero attached hydrogens (tertiary/aromatic N) is 1. The zero-order chi connectivity index (χ0) is 16.8. The lowest BCUT2D eigenvalue weighted by atomic mass is 9.88. The first-order valence-electron chi connectivity index (χ1n) is 9.43. The van der Waals surface area contributed by atoms with Crippen LogP contribution in [0.5, 0.6) is 5.75 Å². The summed E-state index contributed by atoms with van der Waals surface area (Å²) in [5.41, 5.74) is 1.27. The van der Waals surface area contributed by atoms with Crippen LogP contribution < -0.4 is 10.1 Å². The lowest BCUT2D eigenvalue weighted by Crippen LogP contribution is -2.39. The molecule has 0 radical (unpaired) electrons. The molecule has 24 heavy (non-hydrogen) atoms. The number of amides is 1. The average Bonchev–Trinajstić information content (AvgIpc) is 3.17. The number of carbonyl (C=O) groups excluding carboxylic acids is 1. The summed E-state index contributed by atoms with van der Waals surface area (Å²) in [6, 6.07) is 8.57. The quantitative estimate of drug-likeness (QED) is 0.867. The maximum absolute atomic E-state index is 12.5. The zero-order valence-electron chi connectivity index (χ0n) is 14.8. The van der Waals surface area contributed by atoms with Crippen LogP contribution in [-0.2, 0) is 4.79 Å². The van der Waals surface area contributed by atoms with Gasteiger partial charge in [-0.15, -0.1) is 0 Å². The minimum Gasteiger partial charge on any atom is -0.497 e. The number of carbonyl (C=O) groups is 1. The lowest BCUT2D eigenvalue weighted by molar-refractivity contribution is -0.126. The Morgan fingerprint density at radius 3 is 2.42 bits per heavy atom. The second-order valence-electron chi connectivity index (χ2n) is 7.11. The van der Waals surface area contributed by atoms with E-state index in [1.165, 1.54) is 37.7 Å². The number of methoxy groups -OCH3 is 1. The molecule has 1 aliphatic heterocycles. The van der Waals surface area contributed by atoms with Crippen LogP contribution in [-0.4, -0.2) is 37.6 Å². The van der Waals surface area contributed by atoms with Crippen LogP contribution in [0.3, 0.4) is 0 Å². The van der Waals surface area contributed by atoms with E-state index in [9.17, 15) is 4.79 Å². The number of ether oxygens (including phenoxy) is 1. The highest BCUT2D eigenvalue weighted by atomic mass is 16.5. The van der Waals surface area contributed by atoms with Crippen LogP contribution in [0.1, 0.15) is 56.6 Å². The third-order valence-corrected chi connectivity index (χ3v) is 5.53. The van der Waals surface area contributed by atoms with Crippen molar-refractivity contribution in [1.29, 1.82) is 0 Å². The molecule has 0 spiro atoms. The van der Waals surface area contributed by atoms with Crippen molar-refractivity contribution in [2.75, 3.05) is 26.7 Å². The molecule has 0 aromatic heterocycles. The Labute approximate surface area is 145 Å². The third-order valence-electron chi connectivity index (χ3n) is 5.53. The van der Waals surface area contributed by atoms with Crippen molar-refractivity contribution in [1.82, 2.24) is 10.2 Å². The molecule has 1 amide bonds. The van der Waals surface area contributed by atoms with Gasteiger partial charge in [0.15, 0.2) is 0 Å². The van der Waals surface area contributed by atoms with Gasteiger partial charge in [-0.3, -0.25) is 9.69 Å². The van der Waals surface area contributed by atoms with Gasteiger partial charge in [-0.1, -0.05) is 31.4 Å². The molecule has 1 aromatic rings. The molecule has 1 heterocycles. The normalized spacial score (nSPS) is 20.7. The first-order chi connectivity index (χ1) is 11.8. The van der Waals surface area contributed by atoms with Gasteiger partial charge in [-0.2, -0.15) is 0 Å². The summed E-state index contributed by atoms with van der Waals surface area (Å²) in [6.45, 7) is 2.95. The highest BCUT2D eigenvalue weighted by molar-refractivity contribution is 5.78. The Hall–Kier alpha value is -1.55. The maximum Gasteiger partial charge on any atom is 0.223 e. The van der Waals surface area contributed by atoms with Crippen molar-refractivity contribution < 1.29 is 9.53 Å². The number of nitrogens with one attached hydrogen (secondary N) is 1. The first-order valence-corrected chi connectivity index (χ1v) is 9.43. The Morgan fingerprint density at radius 2 is 1.79 bits per heavy atom. The lowest BCUT2D eigenvalue weighted by Gasteiger charge is -2.29. The van der Waals surface area contributed by atoms with E-state index in [0.717, 1.165) is 31.7 Å². The molecule has 1 saturated heterocycles. The van der Waals surface area contributed by atoms with Gasteiger partial charge >= 0.3 is 0 Å². The van der Waals surface area contributed by atoms with E-state index in [2.05, 4.69) is 22.3 Å². The molecule has 1 atom stereocenters. The molecule has 1 aliphatic carbocycles. The summed E-state index contributed by atoms with van der Waals surface area (Å²) in [5.74, 6) is 1.37. The molecule has 1 saturated carbocycles. The Bertz CT molecular complexity index is 517. The van der Waals surface area contributed by atoms with Crippen LogP contribution in [0.2, 0.25) is 0 Å². The fraction of sp³-hybridized carbons (Fsp3) is 0.650. The number of likely N-dealkylation sites (tertiary alicyclic amines) is 1. The van der Waals surface area contributed by atoms with E-state index in [4.69, 9.17) is 4.74 Å². The zero-order valence-corrected chi connectivity index (χ0v) is 14.8. The minimum absolute atomic E-state index is 0.230. The van der Waals surface area contributed by atoms with Gasteiger partial charge < -0.3 is 10.1 Å². The Morgan fingerprint density at radius 1 is 1.12 bits per heavy atom. The van der Waals surface area contributed by atoms with Crippen molar-refractivity contribution in [3.8, 4) is 5.75 Å². The fourth-order valence-electron chi connectivity index (χ4n) is 4.04. The van der Waals surface area contributed by atoms with Crippen molar-refractivity contribution in [2.24, 2.45) is 5.92 Å². The highest BCUT2D eigenvalue weighted by Gasteiger charge is 2.26. The van der Waals surface area contributed by atoms with Crippen LogP contribution in [0, 0.1) is 5.92 Å². The van der Waals surface area contributed by atoms with Crippen LogP contribution in [0.15, 0.2) is 24.3 Å². The van der Waals surface area contributed by atoms with E-state index in [0.29, 0.717) is 6.54 Å². The van der Waals surface area contributed by atoms with Gasteiger partial charge in [0.05, 0.1) is 13.2 Å². The van der Waals surface area contributed by atoms with E-state index in [1.807, 2.05) is 12.1 Å². The highest BCUT2D eigenvalue weighted by Crippen LogP contribution is 2.27. The largest absolute Gasteiger partial charge is 0.497 e. The smallest absolute Gasteiger partial charge is 0.223 e. The number of hydrogen-bond acceptors (Lipinski definition) is 3. The van der Waals surface area contributed by atoms with Gasteiger partial charge in [0.25, 0.3) is 0 Å². The molecule has 2 fully saturated rings. The number of benzene rings is 1. The van der Waals surface area contributed by atoms with Gasteiger partial charge in [0, 0.05) is 12.5 Å². The van der Waals surface area contributed by atoms with E-state index < -0.39 is 0 Å². The SMILES string of the molecule is COc1ccc([C@H](CNC(=O)C2CCCCC2)N2CCCC2)cc1. The van der Waals surface area contributed by atoms with Gasteiger partial charge in [0.2, 0.25) is 5.91 Å². The Kier molecular flexibility index (Phi) is 6.13. The van der Waals surface area contributed by atoms with Crippen LogP contribution in [0.25, 0.3) is 0 Å². The first kappa shape index (κ1) is 17.3. The van der Waals surface area contributed by atoms with Crippen LogP contribution in [0.4, 0.5) is 0 Å². The maximum atomic E-state index is 12.5. The summed E-state index contributed by atoms with van der Waals surface area (Å²) in [7, 11) is 1.69. The second-order valence-corrected chi connectivity index (χ2v) is 7.11. The molecule has 0 unspecified atom stereocenters. The van der Waals surface area contributed by atoms with Crippen molar-refractivity contribution in [3.63, 3.8) is 0 Å². The summed E-state index contributed by atoms with van der Waals surface area (Å²) in [6.07, 6.45) is 8.31. The fourth-order valence-corrected chi connectivity index (χ4v) is 4.04. The second kappa shape index (κ2) is 8.52. The monoisotopic (exact) mass is 330 g/mol. The molecule has 132 valence electrons. The summed E-state index contributed by atoms with van der Waals surface area (Å²) in [5, 5.41) is 3.24. The standard InChI is InChI=1S/C20H30N2O2/c1-24-18-11-9-16(10-12-18)19(22-13-5-6-14-22)15-21-20(23)17-7-3-2-4-8-17/h9-12,17,19H,2-8,13-15H2,1H3,(H,21,23)/t19-/m0/s1. The third kappa shape index (κ3) is 4.29. The molecule has 2 aliphatic rings. The average molecular weight is 330 g/mol. The molecule has 4 heteroatoms. The summed E-state index contributed by atoms with van der Waals surface area (Å²) < 4.78 is 5.27. The van der Waals surface area contributed by atoms with Crippen molar-refractivity contribution >= 4 is 5.91 Å². The molecular weight excluding hydrogens is 300 g/mol.